The summed E-state index contributed by atoms with van der Waals surface area (Å²) < 4.78 is 26.6. The maximum atomic E-state index is 13.5. The predicted octanol–water partition coefficient (Wildman–Crippen LogP) is 3.50. The summed E-state index contributed by atoms with van der Waals surface area (Å²) in [5.41, 5.74) is 0.356. The summed E-state index contributed by atoms with van der Waals surface area (Å²) >= 11 is 1.67. The minimum atomic E-state index is -0.426. The summed E-state index contributed by atoms with van der Waals surface area (Å²) in [5.74, 6) is -0.180. The third-order valence-corrected chi connectivity index (χ3v) is 4.30. The second-order valence-corrected chi connectivity index (χ2v) is 5.85. The van der Waals surface area contributed by atoms with Crippen molar-refractivity contribution in [2.45, 2.75) is 19.4 Å². The highest BCUT2D eigenvalue weighted by molar-refractivity contribution is 7.10. The summed E-state index contributed by atoms with van der Waals surface area (Å²) in [7, 11) is 1.68. The lowest BCUT2D eigenvalue weighted by atomic mass is 10.1. The molecule has 0 saturated carbocycles. The van der Waals surface area contributed by atoms with Gasteiger partial charge in [-0.1, -0.05) is 6.07 Å². The van der Waals surface area contributed by atoms with Gasteiger partial charge in [0.2, 0.25) is 0 Å². The zero-order chi connectivity index (χ0) is 15.9. The van der Waals surface area contributed by atoms with Crippen molar-refractivity contribution in [3.8, 4) is 0 Å². The van der Waals surface area contributed by atoms with Gasteiger partial charge in [-0.3, -0.25) is 4.99 Å². The summed E-state index contributed by atoms with van der Waals surface area (Å²) in [6.07, 6.45) is 0.387. The first kappa shape index (κ1) is 16.4. The topological polar surface area (TPSA) is 36.4 Å². The van der Waals surface area contributed by atoms with E-state index in [9.17, 15) is 8.78 Å². The van der Waals surface area contributed by atoms with Crippen molar-refractivity contribution in [2.24, 2.45) is 4.99 Å². The quantitative estimate of drug-likeness (QED) is 0.653. The largest absolute Gasteiger partial charge is 0.356 e. The molecule has 118 valence electrons. The first-order valence-corrected chi connectivity index (χ1v) is 7.92. The molecule has 0 bridgehead atoms. The van der Waals surface area contributed by atoms with Gasteiger partial charge in [0.05, 0.1) is 6.04 Å². The average Bonchev–Trinajstić information content (AvgIpc) is 3.04. The van der Waals surface area contributed by atoms with Crippen LogP contribution >= 0.6 is 11.3 Å². The minimum absolute atomic E-state index is 0.136. The highest BCUT2D eigenvalue weighted by Crippen LogP contribution is 2.17. The molecule has 0 fully saturated rings. The Labute approximate surface area is 133 Å². The molecule has 2 aromatic rings. The van der Waals surface area contributed by atoms with Gasteiger partial charge in [-0.15, -0.1) is 11.3 Å². The van der Waals surface area contributed by atoms with Crippen molar-refractivity contribution in [3.63, 3.8) is 0 Å². The van der Waals surface area contributed by atoms with Crippen LogP contribution in [0.1, 0.15) is 23.4 Å². The molecule has 22 heavy (non-hydrogen) atoms. The minimum Gasteiger partial charge on any atom is -0.356 e. The molecule has 2 rings (SSSR count). The lowest BCUT2D eigenvalue weighted by molar-refractivity contribution is 0.582. The van der Waals surface area contributed by atoms with E-state index in [4.69, 9.17) is 0 Å². The van der Waals surface area contributed by atoms with Crippen molar-refractivity contribution in [1.29, 1.82) is 0 Å². The molecule has 2 N–H and O–H groups in total. The third kappa shape index (κ3) is 4.53. The first-order valence-electron chi connectivity index (χ1n) is 7.04. The molecule has 0 spiro atoms. The fourth-order valence-corrected chi connectivity index (χ4v) is 2.79. The molecule has 3 nitrogen and oxygen atoms in total. The Morgan fingerprint density at radius 2 is 2.14 bits per heavy atom. The van der Waals surface area contributed by atoms with Gasteiger partial charge in [0, 0.05) is 18.5 Å². The lowest BCUT2D eigenvalue weighted by Gasteiger charge is -2.17. The molecular formula is C16H19F2N3S. The number of hydrogen-bond acceptors (Lipinski definition) is 2. The SMILES string of the molecule is CN=C(NCCc1cc(F)ccc1F)NC(C)c1cccs1. The first-order chi connectivity index (χ1) is 10.6. The number of halogens is 2. The van der Waals surface area contributed by atoms with E-state index >= 15 is 0 Å². The summed E-state index contributed by atoms with van der Waals surface area (Å²) in [5, 5.41) is 8.40. The predicted molar refractivity (Wildman–Crippen MR) is 87.3 cm³/mol. The highest BCUT2D eigenvalue weighted by atomic mass is 32.1. The van der Waals surface area contributed by atoms with Crippen LogP contribution in [0, 0.1) is 11.6 Å². The number of rotatable bonds is 5. The van der Waals surface area contributed by atoms with E-state index in [-0.39, 0.29) is 6.04 Å². The molecule has 1 unspecified atom stereocenters. The number of nitrogens with one attached hydrogen (secondary N) is 2. The van der Waals surface area contributed by atoms with E-state index in [2.05, 4.69) is 21.7 Å². The fraction of sp³-hybridized carbons (Fsp3) is 0.312. The maximum absolute atomic E-state index is 13.5. The van der Waals surface area contributed by atoms with Crippen LogP contribution in [-0.4, -0.2) is 19.6 Å². The van der Waals surface area contributed by atoms with Crippen molar-refractivity contribution < 1.29 is 8.78 Å². The Morgan fingerprint density at radius 1 is 1.32 bits per heavy atom. The van der Waals surface area contributed by atoms with Crippen molar-refractivity contribution in [3.05, 3.63) is 57.8 Å². The van der Waals surface area contributed by atoms with Gasteiger partial charge >= 0.3 is 0 Å². The number of thiophene rings is 1. The Hall–Kier alpha value is -1.95. The van der Waals surface area contributed by atoms with Crippen molar-refractivity contribution in [1.82, 2.24) is 10.6 Å². The normalized spacial score (nSPS) is 13.0. The number of guanidine groups is 1. The molecule has 0 aliphatic heterocycles. The van der Waals surface area contributed by atoms with Crippen LogP contribution < -0.4 is 10.6 Å². The van der Waals surface area contributed by atoms with E-state index in [1.54, 1.807) is 18.4 Å². The number of aliphatic imine (C=N–C) groups is 1. The van der Waals surface area contributed by atoms with Crippen LogP contribution in [0.15, 0.2) is 40.7 Å². The second kappa shape index (κ2) is 7.89. The van der Waals surface area contributed by atoms with Gasteiger partial charge < -0.3 is 10.6 Å². The van der Waals surface area contributed by atoms with E-state index < -0.39 is 11.6 Å². The number of hydrogen-bond donors (Lipinski definition) is 2. The van der Waals surface area contributed by atoms with E-state index in [0.29, 0.717) is 24.5 Å². The zero-order valence-electron chi connectivity index (χ0n) is 12.6. The van der Waals surface area contributed by atoms with Gasteiger partial charge in [0.15, 0.2) is 5.96 Å². The lowest BCUT2D eigenvalue weighted by Crippen LogP contribution is -2.39. The van der Waals surface area contributed by atoms with Gasteiger partial charge in [0.25, 0.3) is 0 Å². The summed E-state index contributed by atoms with van der Waals surface area (Å²) in [6.45, 7) is 2.52. The van der Waals surface area contributed by atoms with E-state index in [1.807, 2.05) is 18.4 Å². The number of nitrogens with zero attached hydrogens (tertiary/aromatic N) is 1. The van der Waals surface area contributed by atoms with Crippen molar-refractivity contribution >= 4 is 17.3 Å². The molecule has 0 radical (unpaired) electrons. The van der Waals surface area contributed by atoms with Crippen LogP contribution in [-0.2, 0) is 6.42 Å². The van der Waals surface area contributed by atoms with E-state index in [1.165, 1.54) is 10.9 Å². The van der Waals surface area contributed by atoms with E-state index in [0.717, 1.165) is 12.1 Å². The molecular weight excluding hydrogens is 304 g/mol. The Morgan fingerprint density at radius 3 is 2.82 bits per heavy atom. The molecule has 1 heterocycles. The van der Waals surface area contributed by atoms with Gasteiger partial charge in [-0.25, -0.2) is 8.78 Å². The highest BCUT2D eigenvalue weighted by Gasteiger charge is 2.09. The van der Waals surface area contributed by atoms with Gasteiger partial charge in [-0.05, 0) is 48.6 Å². The molecule has 1 atom stereocenters. The van der Waals surface area contributed by atoms with Gasteiger partial charge in [0.1, 0.15) is 11.6 Å². The third-order valence-electron chi connectivity index (χ3n) is 3.24. The van der Waals surface area contributed by atoms with Crippen LogP contribution in [0.3, 0.4) is 0 Å². The maximum Gasteiger partial charge on any atom is 0.191 e. The smallest absolute Gasteiger partial charge is 0.191 e. The molecule has 0 amide bonds. The molecule has 1 aromatic heterocycles. The molecule has 1 aromatic carbocycles. The Kier molecular flexibility index (Phi) is 5.89. The van der Waals surface area contributed by atoms with Gasteiger partial charge in [-0.2, -0.15) is 0 Å². The molecule has 0 aliphatic rings. The average molecular weight is 323 g/mol. The Balaban J connectivity index is 1.85. The van der Waals surface area contributed by atoms with Crippen LogP contribution in [0.25, 0.3) is 0 Å². The monoisotopic (exact) mass is 323 g/mol. The second-order valence-electron chi connectivity index (χ2n) is 4.87. The van der Waals surface area contributed by atoms with Crippen LogP contribution in [0.2, 0.25) is 0 Å². The van der Waals surface area contributed by atoms with Crippen LogP contribution in [0.4, 0.5) is 8.78 Å². The fourth-order valence-electron chi connectivity index (χ4n) is 2.06. The number of benzene rings is 1. The van der Waals surface area contributed by atoms with Crippen molar-refractivity contribution in [2.75, 3.05) is 13.6 Å². The van der Waals surface area contributed by atoms with Crippen LogP contribution in [0.5, 0.6) is 0 Å². The standard InChI is InChI=1S/C16H19F2N3S/c1-11(15-4-3-9-22-15)21-16(19-2)20-8-7-12-10-13(17)5-6-14(12)18/h3-6,9-11H,7-8H2,1-2H3,(H2,19,20,21). The Bertz CT molecular complexity index is 626. The molecule has 6 heteroatoms. The zero-order valence-corrected chi connectivity index (χ0v) is 13.4. The summed E-state index contributed by atoms with van der Waals surface area (Å²) in [6, 6.07) is 7.68. The molecule has 0 aliphatic carbocycles. The molecule has 0 saturated heterocycles. The summed E-state index contributed by atoms with van der Waals surface area (Å²) in [4.78, 5) is 5.35.